The fraction of sp³-hybridized carbons (Fsp3) is 0.571. The van der Waals surface area contributed by atoms with Crippen LogP contribution in [0.1, 0.15) is 18.9 Å². The quantitative estimate of drug-likeness (QED) is 0.888. The van der Waals surface area contributed by atoms with Gasteiger partial charge >= 0.3 is 0 Å². The van der Waals surface area contributed by atoms with Gasteiger partial charge in [-0.1, -0.05) is 13.0 Å². The van der Waals surface area contributed by atoms with Crippen LogP contribution >= 0.6 is 0 Å². The van der Waals surface area contributed by atoms with Crippen molar-refractivity contribution in [1.29, 1.82) is 0 Å². The number of nitrogens with one attached hydrogen (secondary N) is 1. The second-order valence-corrected chi connectivity index (χ2v) is 4.65. The maximum atomic E-state index is 14.2. The van der Waals surface area contributed by atoms with E-state index in [0.717, 1.165) is 18.5 Å². The van der Waals surface area contributed by atoms with Crippen LogP contribution in [0.5, 0.6) is 0 Å². The second-order valence-electron chi connectivity index (χ2n) is 4.65. The monoisotopic (exact) mass is 252 g/mol. The number of anilines is 1. The van der Waals surface area contributed by atoms with Crippen LogP contribution in [0.25, 0.3) is 0 Å². The van der Waals surface area contributed by atoms with Gasteiger partial charge in [-0.25, -0.2) is 4.39 Å². The zero-order chi connectivity index (χ0) is 13.0. The van der Waals surface area contributed by atoms with E-state index in [1.807, 2.05) is 19.2 Å². The lowest BCUT2D eigenvalue weighted by Crippen LogP contribution is -2.45. The van der Waals surface area contributed by atoms with Crippen LogP contribution < -0.4 is 10.2 Å². The maximum absolute atomic E-state index is 14.2. The molecule has 0 amide bonds. The fourth-order valence-corrected chi connectivity index (χ4v) is 2.41. The molecule has 4 heteroatoms. The third kappa shape index (κ3) is 2.82. The molecule has 0 bridgehead atoms. The van der Waals surface area contributed by atoms with Gasteiger partial charge in [0.2, 0.25) is 0 Å². The molecule has 0 radical (unpaired) electrons. The topological polar surface area (TPSA) is 24.5 Å². The molecular weight excluding hydrogens is 231 g/mol. The molecule has 1 aromatic carbocycles. The van der Waals surface area contributed by atoms with E-state index < -0.39 is 0 Å². The van der Waals surface area contributed by atoms with E-state index in [-0.39, 0.29) is 11.9 Å². The van der Waals surface area contributed by atoms with Crippen LogP contribution in [0.2, 0.25) is 0 Å². The number of rotatable bonds is 4. The van der Waals surface area contributed by atoms with Gasteiger partial charge in [-0.3, -0.25) is 0 Å². The molecule has 100 valence electrons. The average Bonchev–Trinajstić information content (AvgIpc) is 2.39. The molecular formula is C14H21FN2O. The third-order valence-corrected chi connectivity index (χ3v) is 3.40. The van der Waals surface area contributed by atoms with Crippen LogP contribution in [-0.2, 0) is 11.3 Å². The van der Waals surface area contributed by atoms with E-state index >= 15 is 0 Å². The lowest BCUT2D eigenvalue weighted by molar-refractivity contribution is 0.0926. The summed E-state index contributed by atoms with van der Waals surface area (Å²) in [4.78, 5) is 2.13. The molecule has 1 aromatic rings. The van der Waals surface area contributed by atoms with Gasteiger partial charge in [0, 0.05) is 13.1 Å². The number of halogens is 1. The van der Waals surface area contributed by atoms with Crippen LogP contribution in [0.15, 0.2) is 18.2 Å². The van der Waals surface area contributed by atoms with E-state index in [1.165, 1.54) is 0 Å². The molecule has 0 saturated carbocycles. The van der Waals surface area contributed by atoms with E-state index in [1.54, 1.807) is 6.07 Å². The van der Waals surface area contributed by atoms with Crippen molar-refractivity contribution in [2.24, 2.45) is 0 Å². The number of hydrogen-bond donors (Lipinski definition) is 1. The van der Waals surface area contributed by atoms with Crippen molar-refractivity contribution >= 4 is 5.69 Å². The highest BCUT2D eigenvalue weighted by atomic mass is 19.1. The Hall–Kier alpha value is -1.13. The predicted octanol–water partition coefficient (Wildman–Crippen LogP) is 2.16. The molecule has 1 unspecified atom stereocenters. The summed E-state index contributed by atoms with van der Waals surface area (Å²) in [5.74, 6) is -0.136. The van der Waals surface area contributed by atoms with Gasteiger partial charge in [-0.2, -0.15) is 0 Å². The highest BCUT2D eigenvalue weighted by molar-refractivity contribution is 5.50. The van der Waals surface area contributed by atoms with Gasteiger partial charge in [0.05, 0.1) is 24.9 Å². The summed E-state index contributed by atoms with van der Waals surface area (Å²) in [5.41, 5.74) is 1.67. The van der Waals surface area contributed by atoms with Gasteiger partial charge in [-0.15, -0.1) is 0 Å². The Bertz CT molecular complexity index is 397. The first-order chi connectivity index (χ1) is 8.76. The molecule has 1 aliphatic heterocycles. The van der Waals surface area contributed by atoms with Gasteiger partial charge in [0.25, 0.3) is 0 Å². The minimum atomic E-state index is -0.136. The Morgan fingerprint density at radius 2 is 2.33 bits per heavy atom. The number of benzene rings is 1. The van der Waals surface area contributed by atoms with Crippen molar-refractivity contribution in [3.63, 3.8) is 0 Å². The Balaban J connectivity index is 2.21. The molecule has 1 N–H and O–H groups in total. The molecule has 0 spiro atoms. The van der Waals surface area contributed by atoms with Crippen LogP contribution in [0.3, 0.4) is 0 Å². The first-order valence-corrected chi connectivity index (χ1v) is 6.53. The van der Waals surface area contributed by atoms with Gasteiger partial charge < -0.3 is 15.0 Å². The molecule has 1 atom stereocenters. The van der Waals surface area contributed by atoms with Crippen molar-refractivity contribution in [2.75, 3.05) is 31.7 Å². The summed E-state index contributed by atoms with van der Waals surface area (Å²) in [6.07, 6.45) is 0.970. The van der Waals surface area contributed by atoms with Gasteiger partial charge in [0.1, 0.15) is 5.82 Å². The molecule has 1 heterocycles. The van der Waals surface area contributed by atoms with Crippen molar-refractivity contribution < 1.29 is 9.13 Å². The van der Waals surface area contributed by atoms with Crippen molar-refractivity contribution in [1.82, 2.24) is 5.32 Å². The summed E-state index contributed by atoms with van der Waals surface area (Å²) in [5, 5.41) is 3.03. The van der Waals surface area contributed by atoms with E-state index in [2.05, 4.69) is 17.1 Å². The van der Waals surface area contributed by atoms with E-state index in [0.29, 0.717) is 25.4 Å². The number of ether oxygens (including phenoxy) is 1. The molecule has 1 fully saturated rings. The van der Waals surface area contributed by atoms with Crippen molar-refractivity contribution in [2.45, 2.75) is 25.9 Å². The highest BCUT2D eigenvalue weighted by Gasteiger charge is 2.23. The zero-order valence-electron chi connectivity index (χ0n) is 11.1. The van der Waals surface area contributed by atoms with Crippen LogP contribution in [0, 0.1) is 5.82 Å². The highest BCUT2D eigenvalue weighted by Crippen LogP contribution is 2.25. The van der Waals surface area contributed by atoms with Crippen molar-refractivity contribution in [3.05, 3.63) is 29.6 Å². The summed E-state index contributed by atoms with van der Waals surface area (Å²) in [6, 6.07) is 5.77. The minimum Gasteiger partial charge on any atom is -0.377 e. The lowest BCUT2D eigenvalue weighted by Gasteiger charge is -2.37. The number of hydrogen-bond acceptors (Lipinski definition) is 3. The normalized spacial score (nSPS) is 20.2. The first kappa shape index (κ1) is 13.3. The smallest absolute Gasteiger partial charge is 0.146 e. The maximum Gasteiger partial charge on any atom is 0.146 e. The van der Waals surface area contributed by atoms with Gasteiger partial charge in [-0.05, 0) is 31.2 Å². The summed E-state index contributed by atoms with van der Waals surface area (Å²) in [7, 11) is 1.86. The van der Waals surface area contributed by atoms with Gasteiger partial charge in [0.15, 0.2) is 0 Å². The number of morpholine rings is 1. The average molecular weight is 252 g/mol. The SMILES string of the molecule is CCC1COCCN1c1ccc(CNC)cc1F. The summed E-state index contributed by atoms with van der Waals surface area (Å²) < 4.78 is 19.6. The Morgan fingerprint density at radius 3 is 3.00 bits per heavy atom. The fourth-order valence-electron chi connectivity index (χ4n) is 2.41. The third-order valence-electron chi connectivity index (χ3n) is 3.40. The second kappa shape index (κ2) is 6.16. The van der Waals surface area contributed by atoms with Crippen LogP contribution in [-0.4, -0.2) is 32.8 Å². The molecule has 3 nitrogen and oxygen atoms in total. The molecule has 0 aliphatic carbocycles. The van der Waals surface area contributed by atoms with Crippen molar-refractivity contribution in [3.8, 4) is 0 Å². The Labute approximate surface area is 108 Å². The lowest BCUT2D eigenvalue weighted by atomic mass is 10.1. The summed E-state index contributed by atoms with van der Waals surface area (Å²) >= 11 is 0. The first-order valence-electron chi connectivity index (χ1n) is 6.53. The van der Waals surface area contributed by atoms with Crippen LogP contribution in [0.4, 0.5) is 10.1 Å². The number of nitrogens with zero attached hydrogens (tertiary/aromatic N) is 1. The molecule has 0 aromatic heterocycles. The minimum absolute atomic E-state index is 0.136. The summed E-state index contributed by atoms with van der Waals surface area (Å²) in [6.45, 7) is 4.93. The Morgan fingerprint density at radius 1 is 1.50 bits per heavy atom. The molecule has 18 heavy (non-hydrogen) atoms. The largest absolute Gasteiger partial charge is 0.377 e. The molecule has 1 saturated heterocycles. The van der Waals surface area contributed by atoms with E-state index in [9.17, 15) is 4.39 Å². The predicted molar refractivity (Wildman–Crippen MR) is 71.4 cm³/mol. The Kier molecular flexibility index (Phi) is 4.55. The standard InChI is InChI=1S/C14H21FN2O/c1-3-12-10-18-7-6-17(12)14-5-4-11(9-16-2)8-13(14)15/h4-5,8,12,16H,3,6-7,9-10H2,1-2H3. The molecule has 1 aliphatic rings. The van der Waals surface area contributed by atoms with E-state index in [4.69, 9.17) is 4.74 Å². The zero-order valence-corrected chi connectivity index (χ0v) is 11.1. The molecule has 2 rings (SSSR count).